The lowest BCUT2D eigenvalue weighted by Crippen LogP contribution is -2.44. The summed E-state index contributed by atoms with van der Waals surface area (Å²) in [5.41, 5.74) is 4.83. The summed E-state index contributed by atoms with van der Waals surface area (Å²) in [6, 6.07) is 5.46. The van der Waals surface area contributed by atoms with Crippen LogP contribution in [0.4, 0.5) is 5.69 Å². The Hall–Kier alpha value is -3.49. The van der Waals surface area contributed by atoms with Gasteiger partial charge < -0.3 is 9.88 Å². The van der Waals surface area contributed by atoms with E-state index in [0.29, 0.717) is 17.8 Å². The van der Waals surface area contributed by atoms with Crippen molar-refractivity contribution in [3.8, 4) is 0 Å². The molecular weight excluding hydrogens is 334 g/mol. The van der Waals surface area contributed by atoms with Crippen molar-refractivity contribution in [3.05, 3.63) is 58.3 Å². The number of hydrogen-bond acceptors (Lipinski definition) is 7. The molecule has 9 nitrogen and oxygen atoms in total. The predicted molar refractivity (Wildman–Crippen MR) is 96.9 cm³/mol. The molecule has 9 heteroatoms. The molecule has 0 bridgehead atoms. The van der Waals surface area contributed by atoms with E-state index >= 15 is 0 Å². The van der Waals surface area contributed by atoms with Gasteiger partial charge in [-0.05, 0) is 24.6 Å². The Bertz CT molecular complexity index is 965. The van der Waals surface area contributed by atoms with Gasteiger partial charge in [-0.3, -0.25) is 20.0 Å². The maximum Gasteiger partial charge on any atom is 0.262 e. The smallest absolute Gasteiger partial charge is 0.262 e. The minimum absolute atomic E-state index is 0.0629. The van der Waals surface area contributed by atoms with Gasteiger partial charge in [0, 0.05) is 31.3 Å². The Morgan fingerprint density at radius 2 is 2.27 bits per heavy atom. The predicted octanol–water partition coefficient (Wildman–Crippen LogP) is 0.0188. The number of carbonyl (C=O) groups excluding carboxylic acids is 1. The zero-order chi connectivity index (χ0) is 18.1. The first-order valence-corrected chi connectivity index (χ1v) is 8.14. The number of nitrogens with one attached hydrogen (secondary N) is 2. The minimum Gasteiger partial charge on any atom is -0.350 e. The molecule has 0 saturated heterocycles. The van der Waals surface area contributed by atoms with E-state index in [1.165, 1.54) is 10.8 Å². The van der Waals surface area contributed by atoms with Crippen LogP contribution in [-0.4, -0.2) is 33.8 Å². The number of nitrogens with zero attached hydrogens (tertiary/aromatic N) is 5. The number of hydrazine groups is 1. The van der Waals surface area contributed by atoms with Crippen molar-refractivity contribution in [1.82, 2.24) is 20.3 Å². The monoisotopic (exact) mass is 351 g/mol. The summed E-state index contributed by atoms with van der Waals surface area (Å²) in [5, 5.41) is 4.52. The first-order valence-electron chi connectivity index (χ1n) is 8.14. The van der Waals surface area contributed by atoms with E-state index in [1.807, 2.05) is 13.0 Å². The third kappa shape index (κ3) is 2.94. The molecule has 4 rings (SSSR count). The van der Waals surface area contributed by atoms with Crippen molar-refractivity contribution in [3.63, 3.8) is 0 Å². The highest BCUT2D eigenvalue weighted by Crippen LogP contribution is 2.24. The lowest BCUT2D eigenvalue weighted by molar-refractivity contribution is -0.121. The van der Waals surface area contributed by atoms with Crippen LogP contribution in [0.1, 0.15) is 18.1 Å². The third-order valence-corrected chi connectivity index (χ3v) is 4.12. The van der Waals surface area contributed by atoms with Crippen LogP contribution in [0.15, 0.2) is 51.6 Å². The molecule has 132 valence electrons. The average molecular weight is 351 g/mol. The third-order valence-electron chi connectivity index (χ3n) is 4.12. The molecule has 2 aromatic heterocycles. The highest BCUT2D eigenvalue weighted by molar-refractivity contribution is 5.93. The maximum absolute atomic E-state index is 12.7. The highest BCUT2D eigenvalue weighted by atomic mass is 16.2. The van der Waals surface area contributed by atoms with Crippen LogP contribution in [0.5, 0.6) is 0 Å². The summed E-state index contributed by atoms with van der Waals surface area (Å²) in [4.78, 5) is 37.4. The zero-order valence-electron chi connectivity index (χ0n) is 14.1. The number of anilines is 1. The van der Waals surface area contributed by atoms with Crippen molar-refractivity contribution in [1.29, 1.82) is 0 Å². The van der Waals surface area contributed by atoms with Crippen molar-refractivity contribution >= 4 is 23.6 Å². The topological polar surface area (TPSA) is 104 Å². The fourth-order valence-electron chi connectivity index (χ4n) is 2.87. The molecule has 0 aliphatic carbocycles. The number of pyridine rings is 2. The Morgan fingerprint density at radius 3 is 3.08 bits per heavy atom. The van der Waals surface area contributed by atoms with E-state index in [-0.39, 0.29) is 24.3 Å². The van der Waals surface area contributed by atoms with Crippen molar-refractivity contribution in [2.24, 2.45) is 9.98 Å². The fraction of sp³-hybridized carbons (Fsp3) is 0.235. The molecule has 0 fully saturated rings. The van der Waals surface area contributed by atoms with Gasteiger partial charge in [-0.2, -0.15) is 0 Å². The molecule has 0 spiro atoms. The molecule has 4 heterocycles. The van der Waals surface area contributed by atoms with Crippen molar-refractivity contribution in [2.75, 3.05) is 5.01 Å². The first-order chi connectivity index (χ1) is 12.6. The van der Waals surface area contributed by atoms with Gasteiger partial charge in [0.05, 0.1) is 11.3 Å². The van der Waals surface area contributed by atoms with E-state index in [1.54, 1.807) is 35.7 Å². The summed E-state index contributed by atoms with van der Waals surface area (Å²) < 4.78 is 1.37. The average Bonchev–Trinajstić information content (AvgIpc) is 3.04. The summed E-state index contributed by atoms with van der Waals surface area (Å²) >= 11 is 0. The van der Waals surface area contributed by atoms with Gasteiger partial charge in [0.2, 0.25) is 12.2 Å². The van der Waals surface area contributed by atoms with Gasteiger partial charge in [0.15, 0.2) is 0 Å². The SMILES string of the molecule is CC1=N[C@@H]2N=Cc3c(ccn(CC(=O)NCc4cccnc4)c3=O)N2N1. The largest absolute Gasteiger partial charge is 0.350 e. The molecule has 1 amide bonds. The molecule has 2 aromatic rings. The molecular formula is C17H17N7O2. The lowest BCUT2D eigenvalue weighted by Gasteiger charge is -2.27. The van der Waals surface area contributed by atoms with Gasteiger partial charge in [-0.1, -0.05) is 6.07 Å². The van der Waals surface area contributed by atoms with Crippen LogP contribution < -0.4 is 21.3 Å². The number of aliphatic imine (C=N–C) groups is 2. The molecule has 0 unspecified atom stereocenters. The summed E-state index contributed by atoms with van der Waals surface area (Å²) in [6.45, 7) is 2.14. The number of amidine groups is 1. The van der Waals surface area contributed by atoms with Gasteiger partial charge in [-0.15, -0.1) is 0 Å². The van der Waals surface area contributed by atoms with Crippen LogP contribution in [-0.2, 0) is 17.9 Å². The summed E-state index contributed by atoms with van der Waals surface area (Å²) in [6.07, 6.45) is 6.10. The second kappa shape index (κ2) is 6.43. The maximum atomic E-state index is 12.7. The van der Waals surface area contributed by atoms with Crippen LogP contribution in [0.25, 0.3) is 0 Å². The fourth-order valence-corrected chi connectivity index (χ4v) is 2.87. The van der Waals surface area contributed by atoms with Gasteiger partial charge in [-0.25, -0.2) is 15.0 Å². The second-order valence-corrected chi connectivity index (χ2v) is 6.01. The van der Waals surface area contributed by atoms with Crippen molar-refractivity contribution < 1.29 is 4.79 Å². The molecule has 0 aromatic carbocycles. The van der Waals surface area contributed by atoms with Gasteiger partial charge in [0.1, 0.15) is 12.4 Å². The number of carbonyl (C=O) groups is 1. The molecule has 2 N–H and O–H groups in total. The summed E-state index contributed by atoms with van der Waals surface area (Å²) in [7, 11) is 0. The molecule has 2 aliphatic heterocycles. The molecule has 0 saturated carbocycles. The van der Waals surface area contributed by atoms with E-state index in [9.17, 15) is 9.59 Å². The second-order valence-electron chi connectivity index (χ2n) is 6.01. The standard InChI is InChI=1S/C17H17N7O2/c1-11-21-17-20-9-13-14(24(17)22-11)4-6-23(16(13)26)10-15(25)19-8-12-3-2-5-18-7-12/h2-7,9,17H,8,10H2,1H3,(H,19,25)(H,21,22)/t17-/m0/s1. The van der Waals surface area contributed by atoms with Crippen LogP contribution >= 0.6 is 0 Å². The first kappa shape index (κ1) is 16.0. The van der Waals surface area contributed by atoms with Crippen LogP contribution in [0.2, 0.25) is 0 Å². The number of amides is 1. The van der Waals surface area contributed by atoms with E-state index in [4.69, 9.17) is 0 Å². The lowest BCUT2D eigenvalue weighted by atomic mass is 10.2. The van der Waals surface area contributed by atoms with E-state index in [2.05, 4.69) is 25.7 Å². The number of rotatable bonds is 4. The van der Waals surface area contributed by atoms with Gasteiger partial charge >= 0.3 is 0 Å². The number of hydrogen-bond donors (Lipinski definition) is 2. The molecule has 2 aliphatic rings. The quantitative estimate of drug-likeness (QED) is 0.808. The normalized spacial score (nSPS) is 17.2. The van der Waals surface area contributed by atoms with Crippen LogP contribution in [0.3, 0.4) is 0 Å². The van der Waals surface area contributed by atoms with Gasteiger partial charge in [0.25, 0.3) is 5.56 Å². The number of fused-ring (bicyclic) bond motifs is 3. The Labute approximate surface area is 149 Å². The number of aromatic nitrogens is 2. The molecule has 26 heavy (non-hydrogen) atoms. The van der Waals surface area contributed by atoms with Crippen molar-refractivity contribution in [2.45, 2.75) is 26.3 Å². The van der Waals surface area contributed by atoms with E-state index < -0.39 is 0 Å². The highest BCUT2D eigenvalue weighted by Gasteiger charge is 2.30. The Kier molecular flexibility index (Phi) is 3.96. The van der Waals surface area contributed by atoms with Crippen LogP contribution in [0, 0.1) is 0 Å². The Balaban J connectivity index is 1.48. The Morgan fingerprint density at radius 1 is 1.38 bits per heavy atom. The molecule has 1 atom stereocenters. The molecule has 0 radical (unpaired) electrons. The minimum atomic E-state index is -0.388. The zero-order valence-corrected chi connectivity index (χ0v) is 14.1. The van der Waals surface area contributed by atoms with E-state index in [0.717, 1.165) is 11.4 Å². The summed E-state index contributed by atoms with van der Waals surface area (Å²) in [5.74, 6) is 0.485.